The van der Waals surface area contributed by atoms with Crippen molar-refractivity contribution >= 4 is 11.6 Å². The van der Waals surface area contributed by atoms with Gasteiger partial charge in [-0.2, -0.15) is 0 Å². The lowest BCUT2D eigenvalue weighted by atomic mass is 9.83. The first kappa shape index (κ1) is 14.7. The van der Waals surface area contributed by atoms with E-state index < -0.39 is 0 Å². The van der Waals surface area contributed by atoms with E-state index in [1.807, 2.05) is 6.07 Å². The van der Waals surface area contributed by atoms with Gasteiger partial charge in [0.2, 0.25) is 5.91 Å². The third-order valence-electron chi connectivity index (χ3n) is 4.06. The molecule has 1 aromatic rings. The predicted octanol–water partition coefficient (Wildman–Crippen LogP) is 2.03. The zero-order valence-electron chi connectivity index (χ0n) is 12.3. The fraction of sp³-hybridized carbons (Fsp3) is 0.533. The lowest BCUT2D eigenvalue weighted by Gasteiger charge is -2.25. The van der Waals surface area contributed by atoms with Gasteiger partial charge in [-0.25, -0.2) is 0 Å². The zero-order chi connectivity index (χ0) is 14.6. The Morgan fingerprint density at radius 1 is 1.40 bits per heavy atom. The first-order valence-corrected chi connectivity index (χ1v) is 6.89. The molecule has 20 heavy (non-hydrogen) atoms. The van der Waals surface area contributed by atoms with E-state index >= 15 is 0 Å². The van der Waals surface area contributed by atoms with Gasteiger partial charge in [0, 0.05) is 12.6 Å². The molecule has 0 radical (unpaired) electrons. The second-order valence-electron chi connectivity index (χ2n) is 5.08. The van der Waals surface area contributed by atoms with Crippen molar-refractivity contribution < 1.29 is 14.3 Å². The van der Waals surface area contributed by atoms with Crippen LogP contribution in [0.25, 0.3) is 0 Å². The van der Waals surface area contributed by atoms with Gasteiger partial charge in [0.25, 0.3) is 0 Å². The summed E-state index contributed by atoms with van der Waals surface area (Å²) < 4.78 is 10.5. The molecule has 1 aliphatic heterocycles. The van der Waals surface area contributed by atoms with Gasteiger partial charge in [-0.3, -0.25) is 4.79 Å². The van der Waals surface area contributed by atoms with Crippen molar-refractivity contribution in [2.24, 2.45) is 5.41 Å². The van der Waals surface area contributed by atoms with Gasteiger partial charge in [0.05, 0.1) is 25.3 Å². The van der Waals surface area contributed by atoms with Crippen molar-refractivity contribution in [3.8, 4) is 11.5 Å². The molecule has 2 rings (SSSR count). The van der Waals surface area contributed by atoms with Crippen LogP contribution in [-0.2, 0) is 4.79 Å². The Kier molecular flexibility index (Phi) is 4.49. The molecule has 0 bridgehead atoms. The minimum absolute atomic E-state index is 0.0495. The van der Waals surface area contributed by atoms with Crippen LogP contribution in [-0.4, -0.2) is 33.2 Å². The molecular formula is C15H22N2O3. The Morgan fingerprint density at radius 2 is 2.20 bits per heavy atom. The molecular weight excluding hydrogens is 256 g/mol. The molecule has 2 N–H and O–H groups in total. The number of anilines is 1. The number of nitrogens with one attached hydrogen (secondary N) is 2. The quantitative estimate of drug-likeness (QED) is 0.865. The van der Waals surface area contributed by atoms with E-state index in [9.17, 15) is 4.79 Å². The summed E-state index contributed by atoms with van der Waals surface area (Å²) in [6.45, 7) is 3.67. The van der Waals surface area contributed by atoms with E-state index in [0.29, 0.717) is 17.2 Å². The highest BCUT2D eigenvalue weighted by molar-refractivity contribution is 5.97. The number of hydrogen-bond acceptors (Lipinski definition) is 4. The molecule has 5 heteroatoms. The number of amides is 1. The zero-order valence-corrected chi connectivity index (χ0v) is 12.3. The molecule has 1 fully saturated rings. The lowest BCUT2D eigenvalue weighted by Crippen LogP contribution is -2.37. The van der Waals surface area contributed by atoms with E-state index in [0.717, 1.165) is 25.9 Å². The van der Waals surface area contributed by atoms with Crippen LogP contribution in [0.2, 0.25) is 0 Å². The van der Waals surface area contributed by atoms with E-state index in [2.05, 4.69) is 17.6 Å². The molecule has 1 atom stereocenters. The average Bonchev–Trinajstić information content (AvgIpc) is 2.97. The minimum atomic E-state index is -0.315. The van der Waals surface area contributed by atoms with Crippen LogP contribution in [0.5, 0.6) is 11.5 Å². The molecule has 1 aliphatic rings. The number of ether oxygens (including phenoxy) is 2. The highest BCUT2D eigenvalue weighted by atomic mass is 16.5. The second-order valence-corrected chi connectivity index (χ2v) is 5.08. The number of benzene rings is 1. The molecule has 5 nitrogen and oxygen atoms in total. The summed E-state index contributed by atoms with van der Waals surface area (Å²) in [4.78, 5) is 12.6. The molecule has 110 valence electrons. The summed E-state index contributed by atoms with van der Waals surface area (Å²) in [6, 6.07) is 5.38. The monoisotopic (exact) mass is 278 g/mol. The standard InChI is InChI=1S/C15H22N2O3/c1-4-15(7-8-16-10-15)14(18)17-12-6-5-11(19-2)9-13(12)20-3/h5-6,9,16H,4,7-8,10H2,1-3H3,(H,17,18). The lowest BCUT2D eigenvalue weighted by molar-refractivity contribution is -0.124. The van der Waals surface area contributed by atoms with E-state index in [1.54, 1.807) is 26.4 Å². The van der Waals surface area contributed by atoms with Crippen LogP contribution in [0.15, 0.2) is 18.2 Å². The number of hydrogen-bond donors (Lipinski definition) is 2. The molecule has 1 aromatic carbocycles. The summed E-state index contributed by atoms with van der Waals surface area (Å²) in [5.74, 6) is 1.36. The molecule has 1 saturated heterocycles. The summed E-state index contributed by atoms with van der Waals surface area (Å²) in [5, 5.41) is 6.25. The van der Waals surface area contributed by atoms with Crippen molar-refractivity contribution in [2.45, 2.75) is 19.8 Å². The summed E-state index contributed by atoms with van der Waals surface area (Å²) in [7, 11) is 3.18. The van der Waals surface area contributed by atoms with Crippen LogP contribution in [0.1, 0.15) is 19.8 Å². The van der Waals surface area contributed by atoms with Gasteiger partial charge < -0.3 is 20.1 Å². The Morgan fingerprint density at radius 3 is 2.75 bits per heavy atom. The van der Waals surface area contributed by atoms with Gasteiger partial charge in [-0.1, -0.05) is 6.92 Å². The summed E-state index contributed by atoms with van der Waals surface area (Å²) >= 11 is 0. The molecule has 1 unspecified atom stereocenters. The Balaban J connectivity index is 2.19. The number of methoxy groups -OCH3 is 2. The van der Waals surface area contributed by atoms with Crippen LogP contribution < -0.4 is 20.1 Å². The van der Waals surface area contributed by atoms with Crippen molar-refractivity contribution in [1.29, 1.82) is 0 Å². The maximum Gasteiger partial charge on any atom is 0.232 e. The fourth-order valence-corrected chi connectivity index (χ4v) is 2.56. The van der Waals surface area contributed by atoms with Gasteiger partial charge in [-0.15, -0.1) is 0 Å². The van der Waals surface area contributed by atoms with Crippen molar-refractivity contribution in [3.63, 3.8) is 0 Å². The molecule has 1 heterocycles. The van der Waals surface area contributed by atoms with Crippen molar-refractivity contribution in [3.05, 3.63) is 18.2 Å². The summed E-state index contributed by atoms with van der Waals surface area (Å²) in [6.07, 6.45) is 1.69. The molecule has 0 aromatic heterocycles. The SMILES string of the molecule is CCC1(C(=O)Nc2ccc(OC)cc2OC)CCNC1. The van der Waals surface area contributed by atoms with Gasteiger partial charge in [0.15, 0.2) is 0 Å². The number of carbonyl (C=O) groups excluding carboxylic acids is 1. The smallest absolute Gasteiger partial charge is 0.232 e. The highest BCUT2D eigenvalue weighted by Gasteiger charge is 2.39. The fourth-order valence-electron chi connectivity index (χ4n) is 2.56. The Hall–Kier alpha value is -1.75. The Bertz CT molecular complexity index is 482. The van der Waals surface area contributed by atoms with E-state index in [1.165, 1.54) is 0 Å². The summed E-state index contributed by atoms with van der Waals surface area (Å²) in [5.41, 5.74) is 0.364. The van der Waals surface area contributed by atoms with Crippen molar-refractivity contribution in [2.75, 3.05) is 32.6 Å². The minimum Gasteiger partial charge on any atom is -0.497 e. The molecule has 0 aliphatic carbocycles. The maximum atomic E-state index is 12.6. The third-order valence-corrected chi connectivity index (χ3v) is 4.06. The van der Waals surface area contributed by atoms with Crippen molar-refractivity contribution in [1.82, 2.24) is 5.32 Å². The molecule has 0 spiro atoms. The Labute approximate surface area is 119 Å². The van der Waals surface area contributed by atoms with Gasteiger partial charge in [-0.05, 0) is 31.5 Å². The van der Waals surface area contributed by atoms with E-state index in [-0.39, 0.29) is 11.3 Å². The second kappa shape index (κ2) is 6.13. The molecule has 1 amide bonds. The number of rotatable bonds is 5. The number of carbonyl (C=O) groups is 1. The highest BCUT2D eigenvalue weighted by Crippen LogP contribution is 2.34. The maximum absolute atomic E-state index is 12.6. The van der Waals surface area contributed by atoms with Gasteiger partial charge in [0.1, 0.15) is 11.5 Å². The first-order chi connectivity index (χ1) is 9.65. The van der Waals surface area contributed by atoms with E-state index in [4.69, 9.17) is 9.47 Å². The first-order valence-electron chi connectivity index (χ1n) is 6.89. The van der Waals surface area contributed by atoms with Crippen LogP contribution in [0.3, 0.4) is 0 Å². The predicted molar refractivity (Wildman–Crippen MR) is 78.4 cm³/mol. The average molecular weight is 278 g/mol. The van der Waals surface area contributed by atoms with Gasteiger partial charge >= 0.3 is 0 Å². The largest absolute Gasteiger partial charge is 0.497 e. The van der Waals surface area contributed by atoms with Crippen LogP contribution >= 0.6 is 0 Å². The topological polar surface area (TPSA) is 59.6 Å². The molecule has 0 saturated carbocycles. The van der Waals surface area contributed by atoms with Crippen LogP contribution in [0, 0.1) is 5.41 Å². The normalized spacial score (nSPS) is 21.6. The third kappa shape index (κ3) is 2.72. The van der Waals surface area contributed by atoms with Crippen LogP contribution in [0.4, 0.5) is 5.69 Å².